The summed E-state index contributed by atoms with van der Waals surface area (Å²) in [6.45, 7) is 6.26. The molecule has 1 saturated heterocycles. The molecule has 94 valence electrons. The summed E-state index contributed by atoms with van der Waals surface area (Å²) in [4.78, 5) is 0. The second-order valence-electron chi connectivity index (χ2n) is 4.41. The minimum Gasteiger partial charge on any atom is -0.382 e. The molecule has 1 atom stereocenters. The summed E-state index contributed by atoms with van der Waals surface area (Å²) in [6, 6.07) is 4.30. The Bertz CT molecular complexity index is 366. The zero-order valence-corrected chi connectivity index (χ0v) is 11.8. The summed E-state index contributed by atoms with van der Waals surface area (Å²) in [5.74, 6) is 0. The highest BCUT2D eigenvalue weighted by Gasteiger charge is 2.13. The molecule has 1 heterocycles. The third-order valence-electron chi connectivity index (χ3n) is 2.94. The van der Waals surface area contributed by atoms with E-state index < -0.39 is 0 Å². The van der Waals surface area contributed by atoms with Crippen LogP contribution in [0.3, 0.4) is 0 Å². The Balaban J connectivity index is 1.94. The highest BCUT2D eigenvalue weighted by atomic mass is 79.9. The number of ether oxygens (including phenoxy) is 2. The lowest BCUT2D eigenvalue weighted by Crippen LogP contribution is -2.30. The van der Waals surface area contributed by atoms with Crippen LogP contribution < -0.4 is 5.32 Å². The lowest BCUT2D eigenvalue weighted by molar-refractivity contribution is -0.133. The van der Waals surface area contributed by atoms with Gasteiger partial charge in [0, 0.05) is 16.7 Å². The highest BCUT2D eigenvalue weighted by Crippen LogP contribution is 2.25. The van der Waals surface area contributed by atoms with Gasteiger partial charge in [-0.3, -0.25) is 0 Å². The number of nitrogens with one attached hydrogen (secondary N) is 1. The fourth-order valence-electron chi connectivity index (χ4n) is 1.94. The van der Waals surface area contributed by atoms with Crippen molar-refractivity contribution in [3.8, 4) is 0 Å². The highest BCUT2D eigenvalue weighted by molar-refractivity contribution is 9.10. The summed E-state index contributed by atoms with van der Waals surface area (Å²) < 4.78 is 11.8. The molecule has 0 saturated carbocycles. The Hall–Kier alpha value is -0.580. The second-order valence-corrected chi connectivity index (χ2v) is 5.20. The molecule has 2 rings (SSSR count). The van der Waals surface area contributed by atoms with Gasteiger partial charge in [0.1, 0.15) is 6.79 Å². The van der Waals surface area contributed by atoms with Crippen molar-refractivity contribution in [2.45, 2.75) is 26.4 Å². The number of hydrogen-bond donors (Lipinski definition) is 1. The zero-order chi connectivity index (χ0) is 12.3. The maximum Gasteiger partial charge on any atom is 0.147 e. The van der Waals surface area contributed by atoms with Crippen LogP contribution in [-0.4, -0.2) is 26.0 Å². The number of anilines is 1. The normalized spacial score (nSPS) is 20.3. The number of hydrogen-bond acceptors (Lipinski definition) is 3. The molecule has 1 N–H and O–H groups in total. The van der Waals surface area contributed by atoms with Crippen LogP contribution in [0, 0.1) is 13.8 Å². The molecule has 1 aromatic rings. The Morgan fingerprint density at radius 3 is 2.65 bits per heavy atom. The van der Waals surface area contributed by atoms with Gasteiger partial charge in [-0.15, -0.1) is 0 Å². The van der Waals surface area contributed by atoms with Gasteiger partial charge in [-0.25, -0.2) is 0 Å². The average Bonchev–Trinajstić information content (AvgIpc) is 2.34. The van der Waals surface area contributed by atoms with Gasteiger partial charge in [0.25, 0.3) is 0 Å². The molecule has 0 aliphatic carbocycles. The lowest BCUT2D eigenvalue weighted by Gasteiger charge is -2.23. The number of benzene rings is 1. The average molecular weight is 300 g/mol. The van der Waals surface area contributed by atoms with Crippen LogP contribution in [-0.2, 0) is 9.47 Å². The summed E-state index contributed by atoms with van der Waals surface area (Å²) in [6.07, 6.45) is 1.22. The Morgan fingerprint density at radius 2 is 2.06 bits per heavy atom. The van der Waals surface area contributed by atoms with Gasteiger partial charge >= 0.3 is 0 Å². The van der Waals surface area contributed by atoms with Crippen LogP contribution in [0.15, 0.2) is 16.6 Å². The van der Waals surface area contributed by atoms with Crippen molar-refractivity contribution in [3.05, 3.63) is 27.7 Å². The predicted octanol–water partition coefficient (Wildman–Crippen LogP) is 3.24. The monoisotopic (exact) mass is 299 g/mol. The molecule has 17 heavy (non-hydrogen) atoms. The van der Waals surface area contributed by atoms with E-state index in [9.17, 15) is 0 Å². The molecule has 1 aromatic carbocycles. The molecule has 1 aliphatic rings. The van der Waals surface area contributed by atoms with E-state index in [1.54, 1.807) is 0 Å². The Labute approximate surface area is 111 Å². The largest absolute Gasteiger partial charge is 0.382 e. The quantitative estimate of drug-likeness (QED) is 0.929. The van der Waals surface area contributed by atoms with Crippen LogP contribution in [0.25, 0.3) is 0 Å². The van der Waals surface area contributed by atoms with E-state index >= 15 is 0 Å². The first-order valence-electron chi connectivity index (χ1n) is 5.87. The molecule has 0 aromatic heterocycles. The van der Waals surface area contributed by atoms with Gasteiger partial charge in [0.05, 0.1) is 12.7 Å². The van der Waals surface area contributed by atoms with Crippen LogP contribution in [0.4, 0.5) is 5.69 Å². The molecule has 1 fully saturated rings. The van der Waals surface area contributed by atoms with Crippen LogP contribution in [0.5, 0.6) is 0 Å². The van der Waals surface area contributed by atoms with Gasteiger partial charge in [0.15, 0.2) is 0 Å². The van der Waals surface area contributed by atoms with Crippen LogP contribution >= 0.6 is 15.9 Å². The van der Waals surface area contributed by atoms with Crippen molar-refractivity contribution in [2.75, 3.05) is 25.3 Å². The first kappa shape index (κ1) is 12.9. The SMILES string of the molecule is Cc1cc(NCC2CCOCO2)cc(C)c1Br. The van der Waals surface area contributed by atoms with Gasteiger partial charge in [-0.2, -0.15) is 0 Å². The van der Waals surface area contributed by atoms with E-state index in [2.05, 4.69) is 47.2 Å². The van der Waals surface area contributed by atoms with Gasteiger partial charge < -0.3 is 14.8 Å². The van der Waals surface area contributed by atoms with E-state index in [-0.39, 0.29) is 6.10 Å². The molecule has 4 heteroatoms. The molecule has 1 aliphatic heterocycles. The fraction of sp³-hybridized carbons (Fsp3) is 0.538. The smallest absolute Gasteiger partial charge is 0.147 e. The number of halogens is 1. The fourth-order valence-corrected chi connectivity index (χ4v) is 2.17. The summed E-state index contributed by atoms with van der Waals surface area (Å²) >= 11 is 3.57. The molecular weight excluding hydrogens is 282 g/mol. The maximum atomic E-state index is 5.49. The van der Waals surface area contributed by atoms with E-state index in [1.165, 1.54) is 15.6 Å². The minimum absolute atomic E-state index is 0.257. The molecule has 3 nitrogen and oxygen atoms in total. The molecule has 0 bridgehead atoms. The van der Waals surface area contributed by atoms with Crippen molar-refractivity contribution in [3.63, 3.8) is 0 Å². The second kappa shape index (κ2) is 5.85. The number of aryl methyl sites for hydroxylation is 2. The minimum atomic E-state index is 0.257. The molecular formula is C13H18BrNO2. The van der Waals surface area contributed by atoms with E-state index in [0.717, 1.165) is 25.3 Å². The summed E-state index contributed by atoms with van der Waals surface area (Å²) in [5, 5.41) is 3.42. The van der Waals surface area contributed by atoms with Crippen molar-refractivity contribution in [1.82, 2.24) is 0 Å². The van der Waals surface area contributed by atoms with Crippen molar-refractivity contribution < 1.29 is 9.47 Å². The topological polar surface area (TPSA) is 30.5 Å². The maximum absolute atomic E-state index is 5.49. The Morgan fingerprint density at radius 1 is 1.35 bits per heavy atom. The summed E-state index contributed by atoms with van der Waals surface area (Å²) in [7, 11) is 0. The third kappa shape index (κ3) is 3.44. The van der Waals surface area contributed by atoms with Gasteiger partial charge in [-0.1, -0.05) is 15.9 Å². The standard InChI is InChI=1S/C13H18BrNO2/c1-9-5-11(6-10(2)13(9)14)15-7-12-3-4-16-8-17-12/h5-6,12,15H,3-4,7-8H2,1-2H3. The first-order chi connectivity index (χ1) is 8.16. The van der Waals surface area contributed by atoms with Crippen molar-refractivity contribution >= 4 is 21.6 Å². The van der Waals surface area contributed by atoms with E-state index in [0.29, 0.717) is 6.79 Å². The van der Waals surface area contributed by atoms with Crippen molar-refractivity contribution in [2.24, 2.45) is 0 Å². The third-order valence-corrected chi connectivity index (χ3v) is 4.19. The lowest BCUT2D eigenvalue weighted by atomic mass is 10.1. The predicted molar refractivity (Wildman–Crippen MR) is 72.4 cm³/mol. The van der Waals surface area contributed by atoms with E-state index in [1.807, 2.05) is 0 Å². The first-order valence-corrected chi connectivity index (χ1v) is 6.66. The van der Waals surface area contributed by atoms with Crippen LogP contribution in [0.1, 0.15) is 17.5 Å². The van der Waals surface area contributed by atoms with Crippen molar-refractivity contribution in [1.29, 1.82) is 0 Å². The van der Waals surface area contributed by atoms with Crippen LogP contribution in [0.2, 0.25) is 0 Å². The van der Waals surface area contributed by atoms with E-state index in [4.69, 9.17) is 9.47 Å². The molecule has 0 radical (unpaired) electrons. The van der Waals surface area contributed by atoms with Gasteiger partial charge in [0.2, 0.25) is 0 Å². The van der Waals surface area contributed by atoms with Gasteiger partial charge in [-0.05, 0) is 43.5 Å². The number of rotatable bonds is 3. The summed E-state index contributed by atoms with van der Waals surface area (Å²) in [5.41, 5.74) is 3.65. The molecule has 0 amide bonds. The Kier molecular flexibility index (Phi) is 4.42. The zero-order valence-electron chi connectivity index (χ0n) is 10.3. The molecule has 1 unspecified atom stereocenters. The molecule has 0 spiro atoms.